The number of anilines is 1. The van der Waals surface area contributed by atoms with Crippen molar-refractivity contribution in [1.82, 2.24) is 0 Å². The van der Waals surface area contributed by atoms with Crippen LogP contribution in [0.5, 0.6) is 0 Å². The van der Waals surface area contributed by atoms with Gasteiger partial charge < -0.3 is 5.73 Å². The molecule has 0 unspecified atom stereocenters. The van der Waals surface area contributed by atoms with Crippen molar-refractivity contribution in [3.63, 3.8) is 0 Å². The van der Waals surface area contributed by atoms with Gasteiger partial charge in [-0.3, -0.25) is 0 Å². The second kappa shape index (κ2) is 4.32. The third-order valence-corrected chi connectivity index (χ3v) is 1.81. The highest BCUT2D eigenvalue weighted by Crippen LogP contribution is 2.14. The fourth-order valence-electron chi connectivity index (χ4n) is 1.08. The van der Waals surface area contributed by atoms with E-state index in [0.29, 0.717) is 6.42 Å². The fourth-order valence-corrected chi connectivity index (χ4v) is 1.08. The third kappa shape index (κ3) is 2.64. The monoisotopic (exact) mass is 172 g/mol. The summed E-state index contributed by atoms with van der Waals surface area (Å²) in [5.41, 5.74) is 8.63. The summed E-state index contributed by atoms with van der Waals surface area (Å²) in [6.07, 6.45) is 4.20. The predicted molar refractivity (Wildman–Crippen MR) is 54.9 cm³/mol. The first-order valence-electron chi connectivity index (χ1n) is 4.13. The lowest BCUT2D eigenvalue weighted by Gasteiger charge is -2.00. The summed E-state index contributed by atoms with van der Waals surface area (Å²) in [6.45, 7) is 2.02. The van der Waals surface area contributed by atoms with Crippen LogP contribution in [0.4, 0.5) is 5.69 Å². The van der Waals surface area contributed by atoms with Crippen molar-refractivity contribution < 1.29 is 0 Å². The molecular weight excluding hydrogens is 160 g/mol. The first-order valence-corrected chi connectivity index (χ1v) is 4.13. The Labute approximate surface area is 78.3 Å². The number of nitrogen functional groups attached to an aromatic ring is 1. The molecule has 0 aliphatic rings. The number of allylic oxidation sites excluding steroid dienone is 1. The summed E-state index contributed by atoms with van der Waals surface area (Å²) in [6, 6.07) is 7.81. The van der Waals surface area contributed by atoms with Crippen molar-refractivity contribution in [3.8, 4) is 6.07 Å². The molecule has 0 aliphatic carbocycles. The van der Waals surface area contributed by atoms with Gasteiger partial charge in [0.25, 0.3) is 0 Å². The Morgan fingerprint density at radius 2 is 2.31 bits per heavy atom. The van der Waals surface area contributed by atoms with Crippen LogP contribution in [0.1, 0.15) is 17.5 Å². The lowest BCUT2D eigenvalue weighted by atomic mass is 10.1. The number of rotatable bonds is 2. The quantitative estimate of drug-likeness (QED) is 0.697. The van der Waals surface area contributed by atoms with Crippen LogP contribution in [-0.4, -0.2) is 0 Å². The van der Waals surface area contributed by atoms with Gasteiger partial charge in [0.1, 0.15) is 0 Å². The molecule has 0 fully saturated rings. The number of benzene rings is 1. The number of hydrogen-bond acceptors (Lipinski definition) is 2. The first kappa shape index (κ1) is 9.34. The van der Waals surface area contributed by atoms with Crippen molar-refractivity contribution in [2.75, 3.05) is 5.73 Å². The molecule has 2 nitrogen and oxygen atoms in total. The van der Waals surface area contributed by atoms with Gasteiger partial charge in [-0.2, -0.15) is 5.26 Å². The highest BCUT2D eigenvalue weighted by atomic mass is 14.5. The van der Waals surface area contributed by atoms with Gasteiger partial charge in [-0.15, -0.1) is 0 Å². The molecule has 1 aromatic carbocycles. The summed E-state index contributed by atoms with van der Waals surface area (Å²) in [5.74, 6) is 0. The van der Waals surface area contributed by atoms with E-state index in [1.807, 2.05) is 37.3 Å². The maximum Gasteiger partial charge on any atom is 0.0663 e. The van der Waals surface area contributed by atoms with E-state index in [2.05, 4.69) is 6.07 Å². The Morgan fingerprint density at radius 3 is 3.00 bits per heavy atom. The third-order valence-electron chi connectivity index (χ3n) is 1.81. The number of nitriles is 1. The second-order valence-electron chi connectivity index (χ2n) is 2.88. The molecule has 0 heterocycles. The summed E-state index contributed by atoms with van der Waals surface area (Å²) in [7, 11) is 0. The number of nitrogens with two attached hydrogens (primary N) is 1. The zero-order chi connectivity index (χ0) is 9.68. The van der Waals surface area contributed by atoms with E-state index in [1.165, 1.54) is 5.56 Å². The topological polar surface area (TPSA) is 49.8 Å². The minimum atomic E-state index is 0.439. The normalized spacial score (nSPS) is 10.2. The van der Waals surface area contributed by atoms with E-state index < -0.39 is 0 Å². The van der Waals surface area contributed by atoms with Crippen molar-refractivity contribution in [2.45, 2.75) is 13.3 Å². The number of aryl methyl sites for hydroxylation is 1. The average Bonchev–Trinajstić information content (AvgIpc) is 2.11. The molecule has 66 valence electrons. The van der Waals surface area contributed by atoms with Gasteiger partial charge in [-0.1, -0.05) is 18.2 Å². The van der Waals surface area contributed by atoms with Gasteiger partial charge in [0.15, 0.2) is 0 Å². The van der Waals surface area contributed by atoms with Crippen LogP contribution in [0.3, 0.4) is 0 Å². The van der Waals surface area contributed by atoms with Crippen molar-refractivity contribution in [3.05, 3.63) is 35.4 Å². The molecule has 13 heavy (non-hydrogen) atoms. The molecule has 0 aliphatic heterocycles. The lowest BCUT2D eigenvalue weighted by Crippen LogP contribution is -1.87. The van der Waals surface area contributed by atoms with Crippen molar-refractivity contribution in [1.29, 1.82) is 5.26 Å². The molecule has 0 saturated carbocycles. The van der Waals surface area contributed by atoms with Crippen molar-refractivity contribution >= 4 is 11.8 Å². The second-order valence-corrected chi connectivity index (χ2v) is 2.88. The molecule has 0 amide bonds. The maximum absolute atomic E-state index is 8.34. The van der Waals surface area contributed by atoms with Crippen LogP contribution in [-0.2, 0) is 0 Å². The molecule has 0 atom stereocenters. The molecular formula is C11H12N2. The largest absolute Gasteiger partial charge is 0.399 e. The standard InChI is InChI=1S/C11H12N2/c1-9-5-6-11(13)8-10(9)4-2-3-7-12/h2,4-6,8H,3,13H2,1H3. The molecule has 1 rings (SSSR count). The number of hydrogen-bond donors (Lipinski definition) is 1. The molecule has 2 N–H and O–H groups in total. The van der Waals surface area contributed by atoms with Gasteiger partial charge in [-0.25, -0.2) is 0 Å². The smallest absolute Gasteiger partial charge is 0.0663 e. The van der Waals surface area contributed by atoms with Crippen LogP contribution in [0.15, 0.2) is 24.3 Å². The van der Waals surface area contributed by atoms with Crippen LogP contribution in [0, 0.1) is 18.3 Å². The number of nitrogens with zero attached hydrogens (tertiary/aromatic N) is 1. The highest BCUT2D eigenvalue weighted by molar-refractivity contribution is 5.59. The zero-order valence-corrected chi connectivity index (χ0v) is 7.62. The Hall–Kier alpha value is -1.75. The summed E-state index contributed by atoms with van der Waals surface area (Å²) in [4.78, 5) is 0. The fraction of sp³-hybridized carbons (Fsp3) is 0.182. The van der Waals surface area contributed by atoms with E-state index in [1.54, 1.807) is 0 Å². The minimum absolute atomic E-state index is 0.439. The minimum Gasteiger partial charge on any atom is -0.399 e. The van der Waals surface area contributed by atoms with Crippen molar-refractivity contribution in [2.24, 2.45) is 0 Å². The van der Waals surface area contributed by atoms with E-state index in [4.69, 9.17) is 11.0 Å². The molecule has 0 radical (unpaired) electrons. The van der Waals surface area contributed by atoms with E-state index in [0.717, 1.165) is 11.3 Å². The summed E-state index contributed by atoms with van der Waals surface area (Å²) in [5, 5.41) is 8.34. The van der Waals surface area contributed by atoms with Crippen LogP contribution < -0.4 is 5.73 Å². The Bertz CT molecular complexity index is 359. The molecule has 0 bridgehead atoms. The summed E-state index contributed by atoms with van der Waals surface area (Å²) < 4.78 is 0. The Kier molecular flexibility index (Phi) is 3.10. The van der Waals surface area contributed by atoms with E-state index in [9.17, 15) is 0 Å². The lowest BCUT2D eigenvalue weighted by molar-refractivity contribution is 1.36. The molecule has 0 saturated heterocycles. The predicted octanol–water partition coefficient (Wildman–Crippen LogP) is 2.50. The van der Waals surface area contributed by atoms with Gasteiger partial charge in [0.2, 0.25) is 0 Å². The van der Waals surface area contributed by atoms with Crippen LogP contribution in [0.25, 0.3) is 6.08 Å². The molecule has 0 spiro atoms. The molecule has 0 aromatic heterocycles. The van der Waals surface area contributed by atoms with Crippen LogP contribution >= 0.6 is 0 Å². The highest BCUT2D eigenvalue weighted by Gasteiger charge is 1.93. The maximum atomic E-state index is 8.34. The van der Waals surface area contributed by atoms with Gasteiger partial charge in [-0.05, 0) is 30.2 Å². The van der Waals surface area contributed by atoms with Gasteiger partial charge in [0.05, 0.1) is 12.5 Å². The summed E-state index contributed by atoms with van der Waals surface area (Å²) >= 11 is 0. The van der Waals surface area contributed by atoms with Gasteiger partial charge >= 0.3 is 0 Å². The Morgan fingerprint density at radius 1 is 1.54 bits per heavy atom. The van der Waals surface area contributed by atoms with Gasteiger partial charge in [0, 0.05) is 5.69 Å². The average molecular weight is 172 g/mol. The Balaban J connectivity index is 2.88. The van der Waals surface area contributed by atoms with E-state index >= 15 is 0 Å². The van der Waals surface area contributed by atoms with Crippen LogP contribution in [0.2, 0.25) is 0 Å². The van der Waals surface area contributed by atoms with E-state index in [-0.39, 0.29) is 0 Å². The molecule has 2 heteroatoms. The SMILES string of the molecule is Cc1ccc(N)cc1C=CCC#N. The zero-order valence-electron chi connectivity index (χ0n) is 7.62. The first-order chi connectivity index (χ1) is 6.24. The molecule has 1 aromatic rings.